The molecule has 0 aliphatic rings. The molecule has 0 spiro atoms. The van der Waals surface area contributed by atoms with Crippen LogP contribution in [0.15, 0.2) is 0 Å². The summed E-state index contributed by atoms with van der Waals surface area (Å²) in [6.07, 6.45) is -2.19. The molecule has 0 aromatic heterocycles. The molecule has 12 heavy (non-hydrogen) atoms. The lowest BCUT2D eigenvalue weighted by Gasteiger charge is -2.25. The second-order valence-electron chi connectivity index (χ2n) is 4.06. The van der Waals surface area contributed by atoms with E-state index in [0.717, 1.165) is 12.8 Å². The van der Waals surface area contributed by atoms with Gasteiger partial charge in [0.2, 0.25) is 0 Å². The summed E-state index contributed by atoms with van der Waals surface area (Å²) in [5.41, 5.74) is -0.589. The number of unbranched alkanes of at least 4 members (excludes halogenated alkanes) is 1. The van der Waals surface area contributed by atoms with Gasteiger partial charge in [0.1, 0.15) is 0 Å². The molecule has 0 fully saturated rings. The Hall–Kier alpha value is -0.210. The lowest BCUT2D eigenvalue weighted by molar-refractivity contribution is -0.155. The molecule has 0 atom stereocenters. The van der Waals surface area contributed by atoms with Gasteiger partial charge in [-0.2, -0.15) is 13.2 Å². The second kappa shape index (κ2) is 4.15. The van der Waals surface area contributed by atoms with Crippen LogP contribution in [0.3, 0.4) is 0 Å². The summed E-state index contributed by atoms with van der Waals surface area (Å²) in [4.78, 5) is 0. The maximum absolute atomic E-state index is 12.0. The molecular formula is C9H17F3. The number of rotatable bonds is 4. The van der Waals surface area contributed by atoms with Gasteiger partial charge in [0, 0.05) is 6.42 Å². The molecule has 3 heteroatoms. The highest BCUT2D eigenvalue weighted by atomic mass is 19.4. The van der Waals surface area contributed by atoms with Gasteiger partial charge in [-0.3, -0.25) is 0 Å². The van der Waals surface area contributed by atoms with Crippen molar-refractivity contribution in [1.82, 2.24) is 0 Å². The summed E-state index contributed by atoms with van der Waals surface area (Å²) in [6.45, 7) is 5.34. The Morgan fingerprint density at radius 1 is 1.08 bits per heavy atom. The number of alkyl halides is 3. The molecule has 0 heterocycles. The average molecular weight is 182 g/mol. The molecule has 0 N–H and O–H groups in total. The molecule has 0 nitrogen and oxygen atoms in total. The zero-order valence-electron chi connectivity index (χ0n) is 7.96. The SMILES string of the molecule is CCCCC(C)(C)CC(F)(F)F. The summed E-state index contributed by atoms with van der Waals surface area (Å²) in [7, 11) is 0. The van der Waals surface area contributed by atoms with Crippen molar-refractivity contribution in [2.24, 2.45) is 5.41 Å². The van der Waals surface area contributed by atoms with Crippen molar-refractivity contribution >= 4 is 0 Å². The first-order valence-electron chi connectivity index (χ1n) is 4.33. The molecule has 0 radical (unpaired) electrons. The molecule has 0 saturated heterocycles. The van der Waals surface area contributed by atoms with Crippen LogP contribution in [0.25, 0.3) is 0 Å². The van der Waals surface area contributed by atoms with E-state index >= 15 is 0 Å². The fourth-order valence-corrected chi connectivity index (χ4v) is 1.29. The molecular weight excluding hydrogens is 165 g/mol. The van der Waals surface area contributed by atoms with Crippen LogP contribution < -0.4 is 0 Å². The molecule has 0 bridgehead atoms. The van der Waals surface area contributed by atoms with Gasteiger partial charge in [0.15, 0.2) is 0 Å². The van der Waals surface area contributed by atoms with E-state index in [2.05, 4.69) is 0 Å². The normalized spacial score (nSPS) is 13.5. The molecule has 0 unspecified atom stereocenters. The van der Waals surface area contributed by atoms with Crippen molar-refractivity contribution < 1.29 is 13.2 Å². The minimum atomic E-state index is -4.02. The highest BCUT2D eigenvalue weighted by molar-refractivity contribution is 4.72. The van der Waals surface area contributed by atoms with Gasteiger partial charge < -0.3 is 0 Å². The van der Waals surface area contributed by atoms with E-state index in [1.807, 2.05) is 6.92 Å². The average Bonchev–Trinajstić information content (AvgIpc) is 1.78. The number of hydrogen-bond donors (Lipinski definition) is 0. The van der Waals surface area contributed by atoms with Crippen LogP contribution in [-0.4, -0.2) is 6.18 Å². The first kappa shape index (κ1) is 11.8. The summed E-state index contributed by atoms with van der Waals surface area (Å²) in [5, 5.41) is 0. The van der Waals surface area contributed by atoms with E-state index in [0.29, 0.717) is 6.42 Å². The zero-order valence-corrected chi connectivity index (χ0v) is 7.96. The van der Waals surface area contributed by atoms with Crippen molar-refractivity contribution in [2.75, 3.05) is 0 Å². The van der Waals surface area contributed by atoms with Gasteiger partial charge in [0.05, 0.1) is 0 Å². The quantitative estimate of drug-likeness (QED) is 0.612. The Balaban J connectivity index is 3.86. The third-order valence-electron chi connectivity index (χ3n) is 1.89. The Morgan fingerprint density at radius 2 is 1.58 bits per heavy atom. The maximum Gasteiger partial charge on any atom is 0.389 e. The number of halogens is 3. The molecule has 74 valence electrons. The van der Waals surface area contributed by atoms with E-state index in [4.69, 9.17) is 0 Å². The minimum absolute atomic E-state index is 0.589. The molecule has 0 aliphatic carbocycles. The largest absolute Gasteiger partial charge is 0.389 e. The third-order valence-corrected chi connectivity index (χ3v) is 1.89. The van der Waals surface area contributed by atoms with Crippen LogP contribution in [-0.2, 0) is 0 Å². The highest BCUT2D eigenvalue weighted by Gasteiger charge is 2.35. The molecule has 0 saturated carbocycles. The van der Waals surface area contributed by atoms with Gasteiger partial charge in [-0.25, -0.2) is 0 Å². The molecule has 0 aromatic carbocycles. The first-order valence-corrected chi connectivity index (χ1v) is 4.33. The second-order valence-corrected chi connectivity index (χ2v) is 4.06. The smallest absolute Gasteiger partial charge is 0.171 e. The number of hydrogen-bond acceptors (Lipinski definition) is 0. The molecule has 0 amide bonds. The van der Waals surface area contributed by atoms with E-state index in [1.165, 1.54) is 0 Å². The predicted molar refractivity (Wildman–Crippen MR) is 44.0 cm³/mol. The Morgan fingerprint density at radius 3 is 1.92 bits per heavy atom. The van der Waals surface area contributed by atoms with Crippen LogP contribution in [0.2, 0.25) is 0 Å². The fourth-order valence-electron chi connectivity index (χ4n) is 1.29. The van der Waals surface area contributed by atoms with Gasteiger partial charge in [-0.05, 0) is 11.8 Å². The minimum Gasteiger partial charge on any atom is -0.171 e. The van der Waals surface area contributed by atoms with E-state index in [1.54, 1.807) is 13.8 Å². The lowest BCUT2D eigenvalue weighted by atomic mass is 9.84. The van der Waals surface area contributed by atoms with Gasteiger partial charge in [0.25, 0.3) is 0 Å². The van der Waals surface area contributed by atoms with Crippen molar-refractivity contribution in [2.45, 2.75) is 52.6 Å². The summed E-state index contributed by atoms with van der Waals surface area (Å²) in [6, 6.07) is 0. The summed E-state index contributed by atoms with van der Waals surface area (Å²) < 4.78 is 35.9. The highest BCUT2D eigenvalue weighted by Crippen LogP contribution is 2.36. The van der Waals surface area contributed by atoms with Gasteiger partial charge >= 0.3 is 6.18 Å². The van der Waals surface area contributed by atoms with E-state index in [9.17, 15) is 13.2 Å². The predicted octanol–water partition coefficient (Wildman–Crippen LogP) is 4.16. The van der Waals surface area contributed by atoms with Gasteiger partial charge in [-0.15, -0.1) is 0 Å². The van der Waals surface area contributed by atoms with Gasteiger partial charge in [-0.1, -0.05) is 33.6 Å². The lowest BCUT2D eigenvalue weighted by Crippen LogP contribution is -2.22. The topological polar surface area (TPSA) is 0 Å². The Kier molecular flexibility index (Phi) is 4.08. The standard InChI is InChI=1S/C9H17F3/c1-4-5-6-8(2,3)7-9(10,11)12/h4-7H2,1-3H3. The van der Waals surface area contributed by atoms with Crippen LogP contribution in [0.5, 0.6) is 0 Å². The van der Waals surface area contributed by atoms with Crippen LogP contribution >= 0.6 is 0 Å². The Labute approximate surface area is 72.2 Å². The molecule has 0 aromatic rings. The Bertz CT molecular complexity index is 124. The summed E-state index contributed by atoms with van der Waals surface area (Å²) >= 11 is 0. The third kappa shape index (κ3) is 6.50. The maximum atomic E-state index is 12.0. The van der Waals surface area contributed by atoms with Crippen molar-refractivity contribution in [3.63, 3.8) is 0 Å². The zero-order chi connectivity index (χ0) is 9.83. The van der Waals surface area contributed by atoms with E-state index in [-0.39, 0.29) is 0 Å². The van der Waals surface area contributed by atoms with Crippen molar-refractivity contribution in [3.8, 4) is 0 Å². The summed E-state index contributed by atoms with van der Waals surface area (Å²) in [5.74, 6) is 0. The molecule has 0 rings (SSSR count). The van der Waals surface area contributed by atoms with Crippen molar-refractivity contribution in [1.29, 1.82) is 0 Å². The fraction of sp³-hybridized carbons (Fsp3) is 1.00. The van der Waals surface area contributed by atoms with Crippen LogP contribution in [0.4, 0.5) is 13.2 Å². The monoisotopic (exact) mass is 182 g/mol. The van der Waals surface area contributed by atoms with Crippen molar-refractivity contribution in [3.05, 3.63) is 0 Å². The molecule has 0 aliphatic heterocycles. The van der Waals surface area contributed by atoms with E-state index < -0.39 is 18.0 Å². The van der Waals surface area contributed by atoms with Crippen LogP contribution in [0.1, 0.15) is 46.5 Å². The van der Waals surface area contributed by atoms with Crippen LogP contribution in [0, 0.1) is 5.41 Å². The first-order chi connectivity index (χ1) is 5.27.